The summed E-state index contributed by atoms with van der Waals surface area (Å²) in [5.41, 5.74) is 4.27. The number of hydrogen-bond donors (Lipinski definition) is 3. The van der Waals surface area contributed by atoms with E-state index in [9.17, 15) is 4.79 Å². The molecule has 3 N–H and O–H groups in total. The molecule has 4 aromatic rings. The first-order valence-corrected chi connectivity index (χ1v) is 8.68. The summed E-state index contributed by atoms with van der Waals surface area (Å²) < 4.78 is 4.99. The molecule has 0 spiro atoms. The highest BCUT2D eigenvalue weighted by Crippen LogP contribution is 2.29. The number of aromatic nitrogens is 3. The van der Waals surface area contributed by atoms with E-state index in [2.05, 4.69) is 25.6 Å². The fourth-order valence-corrected chi connectivity index (χ4v) is 3.01. The first kappa shape index (κ1) is 16.8. The van der Waals surface area contributed by atoms with Crippen LogP contribution in [-0.2, 0) is 4.74 Å². The Balaban J connectivity index is 1.69. The number of ether oxygens (including phenoxy) is 1. The van der Waals surface area contributed by atoms with Crippen molar-refractivity contribution < 1.29 is 9.53 Å². The zero-order valence-electron chi connectivity index (χ0n) is 15.0. The molecule has 4 rings (SSSR count). The molecule has 0 atom stereocenters. The number of benzene rings is 2. The number of carbonyl (C=O) groups is 1. The van der Waals surface area contributed by atoms with Crippen LogP contribution in [0.3, 0.4) is 0 Å². The number of anilines is 3. The Kier molecular flexibility index (Phi) is 4.33. The number of amides is 1. The molecular formula is C20H19N5O2. The molecule has 0 fully saturated rings. The Morgan fingerprint density at radius 1 is 1.26 bits per heavy atom. The van der Waals surface area contributed by atoms with E-state index in [-0.39, 0.29) is 0 Å². The number of rotatable bonds is 4. The standard InChI is InChI=1S/C20H19N5O2/c1-3-27-20(26)24-17-10-14(9-16-15(17)7-8-21-16)23-19-22-11-13-6-4-5-12(2)18(13)25-19/h4-11,21H,3H2,1-2H3,(H,24,26)(H,22,23,25). The van der Waals surface area contributed by atoms with Gasteiger partial charge in [-0.1, -0.05) is 18.2 Å². The van der Waals surface area contributed by atoms with Crippen LogP contribution >= 0.6 is 0 Å². The number of H-pyrrole nitrogens is 1. The van der Waals surface area contributed by atoms with Crippen LogP contribution in [0.1, 0.15) is 12.5 Å². The van der Waals surface area contributed by atoms with Gasteiger partial charge in [0.25, 0.3) is 0 Å². The largest absolute Gasteiger partial charge is 0.450 e. The van der Waals surface area contributed by atoms with Crippen molar-refractivity contribution in [2.45, 2.75) is 13.8 Å². The van der Waals surface area contributed by atoms with Gasteiger partial charge in [0, 0.05) is 34.4 Å². The molecule has 0 unspecified atom stereocenters. The fraction of sp³-hybridized carbons (Fsp3) is 0.150. The molecule has 2 heterocycles. The first-order chi connectivity index (χ1) is 13.1. The SMILES string of the molecule is CCOC(=O)Nc1cc(Nc2ncc3cccc(C)c3n2)cc2[nH]ccc12. The van der Waals surface area contributed by atoms with Gasteiger partial charge >= 0.3 is 6.09 Å². The van der Waals surface area contributed by atoms with Crippen LogP contribution < -0.4 is 10.6 Å². The maximum absolute atomic E-state index is 11.8. The Morgan fingerprint density at radius 3 is 3.00 bits per heavy atom. The van der Waals surface area contributed by atoms with E-state index >= 15 is 0 Å². The second-order valence-corrected chi connectivity index (χ2v) is 6.14. The van der Waals surface area contributed by atoms with Crippen molar-refractivity contribution in [3.8, 4) is 0 Å². The molecule has 0 saturated carbocycles. The second kappa shape index (κ2) is 6.95. The minimum Gasteiger partial charge on any atom is -0.450 e. The topological polar surface area (TPSA) is 91.9 Å². The summed E-state index contributed by atoms with van der Waals surface area (Å²) in [6, 6.07) is 11.7. The van der Waals surface area contributed by atoms with Gasteiger partial charge in [-0.3, -0.25) is 5.32 Å². The van der Waals surface area contributed by atoms with Gasteiger partial charge in [0.1, 0.15) is 0 Å². The van der Waals surface area contributed by atoms with Crippen LogP contribution in [0.4, 0.5) is 22.1 Å². The summed E-state index contributed by atoms with van der Waals surface area (Å²) in [6.07, 6.45) is 3.12. The molecule has 7 nitrogen and oxygen atoms in total. The second-order valence-electron chi connectivity index (χ2n) is 6.14. The summed E-state index contributed by atoms with van der Waals surface area (Å²) in [6.45, 7) is 4.10. The summed E-state index contributed by atoms with van der Waals surface area (Å²) >= 11 is 0. The Hall–Kier alpha value is -3.61. The van der Waals surface area contributed by atoms with E-state index in [1.165, 1.54) is 0 Å². The van der Waals surface area contributed by atoms with Crippen LogP contribution in [0.2, 0.25) is 0 Å². The van der Waals surface area contributed by atoms with Crippen molar-refractivity contribution in [3.05, 3.63) is 54.4 Å². The maximum Gasteiger partial charge on any atom is 0.411 e. The van der Waals surface area contributed by atoms with Crippen molar-refractivity contribution >= 4 is 45.2 Å². The molecule has 0 radical (unpaired) electrons. The molecular weight excluding hydrogens is 342 g/mol. The lowest BCUT2D eigenvalue weighted by atomic mass is 10.1. The molecule has 136 valence electrons. The summed E-state index contributed by atoms with van der Waals surface area (Å²) in [7, 11) is 0. The van der Waals surface area contributed by atoms with Gasteiger partial charge < -0.3 is 15.0 Å². The van der Waals surface area contributed by atoms with E-state index in [1.54, 1.807) is 13.1 Å². The number of nitrogens with zero attached hydrogens (tertiary/aromatic N) is 2. The van der Waals surface area contributed by atoms with Crippen LogP contribution in [0.15, 0.2) is 48.8 Å². The third-order valence-corrected chi connectivity index (χ3v) is 4.25. The average Bonchev–Trinajstić information content (AvgIpc) is 3.11. The number of nitrogens with one attached hydrogen (secondary N) is 3. The van der Waals surface area contributed by atoms with Gasteiger partial charge in [0.2, 0.25) is 5.95 Å². The number of hydrogen-bond acceptors (Lipinski definition) is 5. The van der Waals surface area contributed by atoms with E-state index < -0.39 is 6.09 Å². The van der Waals surface area contributed by atoms with Gasteiger partial charge in [0.15, 0.2) is 0 Å². The third kappa shape index (κ3) is 3.39. The number of aromatic amines is 1. The molecule has 1 amide bonds. The Morgan fingerprint density at radius 2 is 2.15 bits per heavy atom. The normalized spacial score (nSPS) is 10.9. The van der Waals surface area contributed by atoms with E-state index in [4.69, 9.17) is 4.74 Å². The number of aryl methyl sites for hydroxylation is 1. The predicted molar refractivity (Wildman–Crippen MR) is 107 cm³/mol. The summed E-state index contributed by atoms with van der Waals surface area (Å²) in [5, 5.41) is 7.87. The van der Waals surface area contributed by atoms with Crippen LogP contribution in [-0.4, -0.2) is 27.7 Å². The smallest absolute Gasteiger partial charge is 0.411 e. The highest BCUT2D eigenvalue weighted by Gasteiger charge is 2.10. The molecule has 7 heteroatoms. The Bertz CT molecular complexity index is 1140. The lowest BCUT2D eigenvalue weighted by Crippen LogP contribution is -2.13. The number of fused-ring (bicyclic) bond motifs is 2. The van der Waals surface area contributed by atoms with E-state index in [1.807, 2.05) is 49.5 Å². The van der Waals surface area contributed by atoms with Gasteiger partial charge in [-0.25, -0.2) is 14.8 Å². The third-order valence-electron chi connectivity index (χ3n) is 4.25. The molecule has 2 aromatic heterocycles. The van der Waals surface area contributed by atoms with Gasteiger partial charge in [-0.05, 0) is 37.6 Å². The lowest BCUT2D eigenvalue weighted by molar-refractivity contribution is 0.168. The van der Waals surface area contributed by atoms with Gasteiger partial charge in [-0.15, -0.1) is 0 Å². The molecule has 0 aliphatic heterocycles. The summed E-state index contributed by atoms with van der Waals surface area (Å²) in [4.78, 5) is 24.0. The Labute approximate surface area is 155 Å². The van der Waals surface area contributed by atoms with E-state index in [0.717, 1.165) is 33.1 Å². The number of para-hydroxylation sites is 1. The maximum atomic E-state index is 11.8. The fourth-order valence-electron chi connectivity index (χ4n) is 3.01. The van der Waals surface area contributed by atoms with Crippen molar-refractivity contribution in [2.24, 2.45) is 0 Å². The highest BCUT2D eigenvalue weighted by molar-refractivity contribution is 6.01. The average molecular weight is 361 g/mol. The molecule has 27 heavy (non-hydrogen) atoms. The lowest BCUT2D eigenvalue weighted by Gasteiger charge is -2.11. The molecule has 2 aromatic carbocycles. The highest BCUT2D eigenvalue weighted by atomic mass is 16.5. The van der Waals surface area contributed by atoms with Crippen LogP contribution in [0.25, 0.3) is 21.8 Å². The first-order valence-electron chi connectivity index (χ1n) is 8.68. The van der Waals surface area contributed by atoms with Crippen LogP contribution in [0, 0.1) is 6.92 Å². The predicted octanol–water partition coefficient (Wildman–Crippen LogP) is 4.73. The van der Waals surface area contributed by atoms with Crippen molar-refractivity contribution in [3.63, 3.8) is 0 Å². The quantitative estimate of drug-likeness (QED) is 0.489. The molecule has 0 aliphatic carbocycles. The molecule has 0 saturated heterocycles. The zero-order valence-corrected chi connectivity index (χ0v) is 15.0. The van der Waals surface area contributed by atoms with E-state index in [0.29, 0.717) is 18.2 Å². The minimum absolute atomic E-state index is 0.310. The van der Waals surface area contributed by atoms with Gasteiger partial charge in [0.05, 0.1) is 17.8 Å². The number of carbonyl (C=O) groups excluding carboxylic acids is 1. The van der Waals surface area contributed by atoms with Gasteiger partial charge in [-0.2, -0.15) is 0 Å². The monoisotopic (exact) mass is 361 g/mol. The van der Waals surface area contributed by atoms with Crippen molar-refractivity contribution in [2.75, 3.05) is 17.2 Å². The minimum atomic E-state index is -0.491. The zero-order chi connectivity index (χ0) is 18.8. The van der Waals surface area contributed by atoms with Crippen LogP contribution in [0.5, 0.6) is 0 Å². The van der Waals surface area contributed by atoms with Crippen molar-refractivity contribution in [1.29, 1.82) is 0 Å². The summed E-state index contributed by atoms with van der Waals surface area (Å²) in [5.74, 6) is 0.491. The molecule has 0 bridgehead atoms. The van der Waals surface area contributed by atoms with Crippen molar-refractivity contribution in [1.82, 2.24) is 15.0 Å². The molecule has 0 aliphatic rings.